The van der Waals surface area contributed by atoms with E-state index in [1.807, 2.05) is 66.6 Å². The summed E-state index contributed by atoms with van der Waals surface area (Å²) in [5.41, 5.74) is 1.78. The molecule has 1 N–H and O–H groups in total. The van der Waals surface area contributed by atoms with Crippen LogP contribution in [0.1, 0.15) is 24.3 Å². The van der Waals surface area contributed by atoms with Gasteiger partial charge in [-0.1, -0.05) is 26.0 Å². The minimum atomic E-state index is -0.316. The van der Waals surface area contributed by atoms with Gasteiger partial charge in [-0.3, -0.25) is 4.79 Å². The van der Waals surface area contributed by atoms with Gasteiger partial charge in [0, 0.05) is 58.2 Å². The third kappa shape index (κ3) is 6.74. The molecule has 3 aromatic rings. The minimum Gasteiger partial charge on any atom is -0.383 e. The van der Waals surface area contributed by atoms with Crippen molar-refractivity contribution in [1.29, 1.82) is 0 Å². The minimum absolute atomic E-state index is 0.287. The molecule has 4 rings (SSSR count). The second-order valence-corrected chi connectivity index (χ2v) is 7.73. The van der Waals surface area contributed by atoms with Crippen LogP contribution in [0.2, 0.25) is 0 Å². The van der Waals surface area contributed by atoms with E-state index in [4.69, 9.17) is 9.47 Å². The van der Waals surface area contributed by atoms with Gasteiger partial charge in [0.1, 0.15) is 17.8 Å². The fourth-order valence-electron chi connectivity index (χ4n) is 3.46. The molecule has 0 spiro atoms. The van der Waals surface area contributed by atoms with E-state index in [0.29, 0.717) is 62.7 Å². The highest BCUT2D eigenvalue weighted by molar-refractivity contribution is 6.03. The fourth-order valence-corrected chi connectivity index (χ4v) is 3.46. The lowest BCUT2D eigenvalue weighted by atomic mass is 10.2. The first kappa shape index (κ1) is 26.0. The van der Waals surface area contributed by atoms with Gasteiger partial charge < -0.3 is 29.2 Å². The van der Waals surface area contributed by atoms with Gasteiger partial charge in [-0.2, -0.15) is 4.98 Å². The van der Waals surface area contributed by atoms with Crippen molar-refractivity contribution in [2.45, 2.75) is 13.8 Å². The lowest BCUT2D eigenvalue weighted by molar-refractivity contribution is 0.102. The standard InChI is InChI=1S/C22H28N8O3.C2H6/c1-28(7-10-32-3)19-14-18(25-22(26-19)30-8-11-33-12-9-30)21(31)24-17-6-4-5-16(13-17)20-27-23-15-29(20)2;1-2/h4-6,13-15H,7-12H2,1-3H3,(H,24,31);1-2H3. The summed E-state index contributed by atoms with van der Waals surface area (Å²) in [5.74, 6) is 1.56. The Kier molecular flexibility index (Phi) is 9.50. The summed E-state index contributed by atoms with van der Waals surface area (Å²) in [4.78, 5) is 26.4. The Bertz CT molecular complexity index is 1100. The van der Waals surface area contributed by atoms with E-state index in [1.165, 1.54) is 0 Å². The number of aromatic nitrogens is 5. The van der Waals surface area contributed by atoms with Gasteiger partial charge in [-0.05, 0) is 12.1 Å². The molecule has 1 fully saturated rings. The van der Waals surface area contributed by atoms with E-state index in [2.05, 4.69) is 25.5 Å². The molecule has 2 aromatic heterocycles. The van der Waals surface area contributed by atoms with Crippen molar-refractivity contribution in [2.75, 3.05) is 68.7 Å². The van der Waals surface area contributed by atoms with E-state index < -0.39 is 0 Å². The van der Waals surface area contributed by atoms with Crippen molar-refractivity contribution in [3.8, 4) is 11.4 Å². The number of rotatable bonds is 8. The first-order valence-electron chi connectivity index (χ1n) is 11.7. The van der Waals surface area contributed by atoms with Crippen LogP contribution in [0.3, 0.4) is 0 Å². The molecule has 0 radical (unpaired) electrons. The zero-order valence-corrected chi connectivity index (χ0v) is 21.1. The van der Waals surface area contributed by atoms with Gasteiger partial charge in [0.15, 0.2) is 5.82 Å². The van der Waals surface area contributed by atoms with Gasteiger partial charge in [-0.15, -0.1) is 10.2 Å². The molecule has 0 aliphatic carbocycles. The first-order chi connectivity index (χ1) is 17.0. The molecule has 1 aliphatic heterocycles. The van der Waals surface area contributed by atoms with Crippen LogP contribution < -0.4 is 15.1 Å². The number of carbonyl (C=O) groups is 1. The molecule has 1 aliphatic rings. The number of nitrogens with zero attached hydrogens (tertiary/aromatic N) is 7. The van der Waals surface area contributed by atoms with E-state index in [9.17, 15) is 4.79 Å². The predicted molar refractivity (Wildman–Crippen MR) is 136 cm³/mol. The maximum atomic E-state index is 13.2. The smallest absolute Gasteiger partial charge is 0.274 e. The summed E-state index contributed by atoms with van der Waals surface area (Å²) in [5, 5.41) is 11.0. The fraction of sp³-hybridized carbons (Fsp3) is 0.458. The van der Waals surface area contributed by atoms with Crippen molar-refractivity contribution in [2.24, 2.45) is 7.05 Å². The highest BCUT2D eigenvalue weighted by Crippen LogP contribution is 2.22. The Hall–Kier alpha value is -3.57. The molecule has 11 heteroatoms. The van der Waals surface area contributed by atoms with Crippen molar-refractivity contribution in [3.63, 3.8) is 0 Å². The van der Waals surface area contributed by atoms with Crippen molar-refractivity contribution in [1.82, 2.24) is 24.7 Å². The molecule has 11 nitrogen and oxygen atoms in total. The highest BCUT2D eigenvalue weighted by atomic mass is 16.5. The van der Waals surface area contributed by atoms with Crippen LogP contribution in [0.15, 0.2) is 36.7 Å². The molecular formula is C24H34N8O3. The summed E-state index contributed by atoms with van der Waals surface area (Å²) in [7, 11) is 5.44. The summed E-state index contributed by atoms with van der Waals surface area (Å²) < 4.78 is 12.5. The second-order valence-electron chi connectivity index (χ2n) is 7.73. The maximum absolute atomic E-state index is 13.2. The lowest BCUT2D eigenvalue weighted by Crippen LogP contribution is -2.38. The van der Waals surface area contributed by atoms with Crippen LogP contribution in [-0.4, -0.2) is 84.3 Å². The van der Waals surface area contributed by atoms with Gasteiger partial charge >= 0.3 is 0 Å². The van der Waals surface area contributed by atoms with Crippen molar-refractivity contribution < 1.29 is 14.3 Å². The van der Waals surface area contributed by atoms with Crippen LogP contribution in [0, 0.1) is 0 Å². The molecular weight excluding hydrogens is 448 g/mol. The molecule has 0 bridgehead atoms. The van der Waals surface area contributed by atoms with E-state index >= 15 is 0 Å². The largest absolute Gasteiger partial charge is 0.383 e. The number of morpholine rings is 1. The zero-order valence-electron chi connectivity index (χ0n) is 21.1. The van der Waals surface area contributed by atoms with E-state index in [1.54, 1.807) is 19.5 Å². The topological polar surface area (TPSA) is 111 Å². The molecule has 0 atom stereocenters. The molecule has 3 heterocycles. The monoisotopic (exact) mass is 482 g/mol. The average Bonchev–Trinajstić information content (AvgIpc) is 3.34. The maximum Gasteiger partial charge on any atom is 0.274 e. The summed E-state index contributed by atoms with van der Waals surface area (Å²) in [6.45, 7) is 7.73. The van der Waals surface area contributed by atoms with Gasteiger partial charge in [0.05, 0.1) is 19.8 Å². The van der Waals surface area contributed by atoms with Crippen LogP contribution in [0.5, 0.6) is 0 Å². The van der Waals surface area contributed by atoms with Crippen LogP contribution in [0.25, 0.3) is 11.4 Å². The third-order valence-electron chi connectivity index (χ3n) is 5.34. The lowest BCUT2D eigenvalue weighted by Gasteiger charge is -2.28. The van der Waals surface area contributed by atoms with Gasteiger partial charge in [0.2, 0.25) is 5.95 Å². The summed E-state index contributed by atoms with van der Waals surface area (Å²) in [6.07, 6.45) is 1.64. The number of ether oxygens (including phenoxy) is 2. The average molecular weight is 483 g/mol. The molecule has 1 aromatic carbocycles. The number of aryl methyl sites for hydroxylation is 1. The first-order valence-corrected chi connectivity index (χ1v) is 11.7. The Labute approximate surface area is 206 Å². The summed E-state index contributed by atoms with van der Waals surface area (Å²) >= 11 is 0. The number of hydrogen-bond acceptors (Lipinski definition) is 9. The number of likely N-dealkylation sites (N-methyl/N-ethyl adjacent to an activating group) is 1. The SMILES string of the molecule is CC.COCCN(C)c1cc(C(=O)Nc2cccc(-c3nncn3C)c2)nc(N2CCOCC2)n1. The Balaban J connectivity index is 0.00000167. The Morgan fingerprint density at radius 3 is 2.66 bits per heavy atom. The number of nitrogens with one attached hydrogen (secondary N) is 1. The molecule has 0 unspecified atom stereocenters. The number of hydrogen-bond donors (Lipinski definition) is 1. The number of carbonyl (C=O) groups excluding carboxylic acids is 1. The predicted octanol–water partition coefficient (Wildman–Crippen LogP) is 2.47. The number of benzene rings is 1. The number of amides is 1. The second kappa shape index (κ2) is 12.8. The van der Waals surface area contributed by atoms with Crippen LogP contribution in [-0.2, 0) is 16.5 Å². The van der Waals surface area contributed by atoms with Gasteiger partial charge in [-0.25, -0.2) is 4.98 Å². The van der Waals surface area contributed by atoms with Crippen molar-refractivity contribution >= 4 is 23.4 Å². The van der Waals surface area contributed by atoms with Crippen LogP contribution in [0.4, 0.5) is 17.5 Å². The number of anilines is 3. The van der Waals surface area contributed by atoms with Crippen molar-refractivity contribution in [3.05, 3.63) is 42.4 Å². The molecule has 188 valence electrons. The molecule has 1 saturated heterocycles. The highest BCUT2D eigenvalue weighted by Gasteiger charge is 2.20. The molecule has 0 saturated carbocycles. The normalized spacial score (nSPS) is 13.1. The number of methoxy groups -OCH3 is 1. The zero-order chi connectivity index (χ0) is 25.2. The quantitative estimate of drug-likeness (QED) is 0.518. The van der Waals surface area contributed by atoms with E-state index in [-0.39, 0.29) is 11.6 Å². The van der Waals surface area contributed by atoms with Crippen LogP contribution >= 0.6 is 0 Å². The van der Waals surface area contributed by atoms with Gasteiger partial charge in [0.25, 0.3) is 5.91 Å². The molecule has 1 amide bonds. The Morgan fingerprint density at radius 1 is 1.20 bits per heavy atom. The van der Waals surface area contributed by atoms with E-state index in [0.717, 1.165) is 5.56 Å². The molecule has 35 heavy (non-hydrogen) atoms. The third-order valence-corrected chi connectivity index (χ3v) is 5.34. The summed E-state index contributed by atoms with van der Waals surface area (Å²) in [6, 6.07) is 9.17. The Morgan fingerprint density at radius 2 is 1.97 bits per heavy atom.